The van der Waals surface area contributed by atoms with Crippen molar-refractivity contribution in [2.75, 3.05) is 4.81 Å². The number of nitrogens with zero attached hydrogens (tertiary/aromatic N) is 1. The summed E-state index contributed by atoms with van der Waals surface area (Å²) in [5.74, 6) is 0. The Hall–Kier alpha value is -5.60. The first-order valence-corrected chi connectivity index (χ1v) is 15.3. The van der Waals surface area contributed by atoms with Crippen LogP contribution < -0.4 is 15.7 Å². The summed E-state index contributed by atoms with van der Waals surface area (Å²) in [6.07, 6.45) is 0. The Morgan fingerprint density at radius 2 is 0.932 bits per heavy atom. The van der Waals surface area contributed by atoms with E-state index in [1.54, 1.807) is 0 Å². The van der Waals surface area contributed by atoms with Gasteiger partial charge in [-0.1, -0.05) is 151 Å². The van der Waals surface area contributed by atoms with E-state index in [1.807, 2.05) is 0 Å². The lowest BCUT2D eigenvalue weighted by atomic mass is 9.45. The minimum Gasteiger partial charge on any atom is -0.376 e. The number of para-hydroxylation sites is 1. The van der Waals surface area contributed by atoms with Crippen LogP contribution in [0.5, 0.6) is 0 Å². The molecule has 0 aliphatic carbocycles. The Bertz CT molecular complexity index is 2310. The molecule has 0 aromatic heterocycles. The SMILES string of the molecule is c1ccc(B2c3ccccc3-c3c(-c4ccc5c6ccccc6c6ccccc6c5c4)cccc3N2c2ccccc2)cc1. The van der Waals surface area contributed by atoms with Gasteiger partial charge in [-0.2, -0.15) is 0 Å². The highest BCUT2D eigenvalue weighted by molar-refractivity contribution is 6.90. The number of hydrogen-bond donors (Lipinski definition) is 0. The van der Waals surface area contributed by atoms with E-state index >= 15 is 0 Å². The van der Waals surface area contributed by atoms with Crippen LogP contribution in [0.1, 0.15) is 0 Å². The second-order valence-corrected chi connectivity index (χ2v) is 11.7. The molecule has 44 heavy (non-hydrogen) atoms. The van der Waals surface area contributed by atoms with Crippen molar-refractivity contribution in [3.8, 4) is 22.3 Å². The number of benzene rings is 8. The van der Waals surface area contributed by atoms with Gasteiger partial charge in [-0.25, -0.2) is 0 Å². The van der Waals surface area contributed by atoms with E-state index in [4.69, 9.17) is 0 Å². The lowest BCUT2D eigenvalue weighted by molar-refractivity contribution is 1.36. The second-order valence-electron chi connectivity index (χ2n) is 11.7. The van der Waals surface area contributed by atoms with Gasteiger partial charge in [-0.15, -0.1) is 0 Å². The number of fused-ring (bicyclic) bond motifs is 9. The Kier molecular flexibility index (Phi) is 5.67. The highest BCUT2D eigenvalue weighted by atomic mass is 15.1. The molecule has 204 valence electrons. The molecule has 0 bridgehead atoms. The summed E-state index contributed by atoms with van der Waals surface area (Å²) in [6, 6.07) is 62.2. The first-order valence-electron chi connectivity index (χ1n) is 15.3. The first kappa shape index (κ1) is 25.0. The van der Waals surface area contributed by atoms with Gasteiger partial charge in [0.05, 0.1) is 0 Å². The first-order chi connectivity index (χ1) is 21.9. The molecular weight excluding hydrogens is 529 g/mol. The summed E-state index contributed by atoms with van der Waals surface area (Å²) in [7, 11) is 0. The summed E-state index contributed by atoms with van der Waals surface area (Å²) in [6.45, 7) is 0.0597. The molecule has 2 heteroatoms. The molecule has 1 aliphatic heterocycles. The molecule has 0 N–H and O–H groups in total. The summed E-state index contributed by atoms with van der Waals surface area (Å²) in [5.41, 5.74) is 10.1. The number of anilines is 2. The van der Waals surface area contributed by atoms with E-state index in [0.29, 0.717) is 0 Å². The normalized spacial score (nSPS) is 12.5. The monoisotopic (exact) mass is 557 g/mol. The predicted octanol–water partition coefficient (Wildman–Crippen LogP) is 9.74. The molecule has 0 saturated carbocycles. The minimum absolute atomic E-state index is 0.0597. The number of hydrogen-bond acceptors (Lipinski definition) is 1. The Balaban J connectivity index is 1.34. The third-order valence-electron chi connectivity index (χ3n) is 9.29. The van der Waals surface area contributed by atoms with Crippen LogP contribution in [-0.4, -0.2) is 6.85 Å². The smallest absolute Gasteiger partial charge is 0.328 e. The fourth-order valence-corrected chi connectivity index (χ4v) is 7.42. The molecule has 8 aromatic rings. The molecule has 0 amide bonds. The third kappa shape index (κ3) is 3.74. The molecule has 1 aliphatic rings. The van der Waals surface area contributed by atoms with Gasteiger partial charge >= 0.3 is 6.85 Å². The molecule has 1 nitrogen and oxygen atoms in total. The van der Waals surface area contributed by atoms with Crippen molar-refractivity contribution in [3.63, 3.8) is 0 Å². The zero-order valence-electron chi connectivity index (χ0n) is 24.2. The molecule has 0 atom stereocenters. The number of rotatable bonds is 3. The maximum absolute atomic E-state index is 2.53. The van der Waals surface area contributed by atoms with Gasteiger partial charge in [0.25, 0.3) is 0 Å². The summed E-state index contributed by atoms with van der Waals surface area (Å²) < 4.78 is 0. The molecule has 0 fully saturated rings. The minimum atomic E-state index is 0.0597. The van der Waals surface area contributed by atoms with Crippen molar-refractivity contribution in [1.82, 2.24) is 0 Å². The molecule has 1 heterocycles. The fourth-order valence-electron chi connectivity index (χ4n) is 7.42. The lowest BCUT2D eigenvalue weighted by Gasteiger charge is -2.39. The summed E-state index contributed by atoms with van der Waals surface area (Å²) >= 11 is 0. The standard InChI is InChI=1S/C42H28BN/c1-3-14-30(15-4-1)43-40-24-12-11-22-38(40)42-32(23-13-25-41(42)44(43)31-16-5-2-6-17-31)29-26-27-37-35-20-8-7-18-33(35)34-19-9-10-21-36(34)39(37)28-29/h1-28H. The van der Waals surface area contributed by atoms with Crippen LogP contribution in [0.25, 0.3) is 54.6 Å². The van der Waals surface area contributed by atoms with E-state index in [1.165, 1.54) is 76.9 Å². The maximum atomic E-state index is 2.53. The van der Waals surface area contributed by atoms with Gasteiger partial charge in [0, 0.05) is 16.9 Å². The van der Waals surface area contributed by atoms with E-state index in [2.05, 4.69) is 175 Å². The summed E-state index contributed by atoms with van der Waals surface area (Å²) in [4.78, 5) is 2.53. The molecule has 0 spiro atoms. The van der Waals surface area contributed by atoms with Crippen LogP contribution in [0.2, 0.25) is 0 Å². The zero-order valence-corrected chi connectivity index (χ0v) is 24.2. The predicted molar refractivity (Wildman–Crippen MR) is 190 cm³/mol. The highest BCUT2D eigenvalue weighted by Gasteiger charge is 2.37. The van der Waals surface area contributed by atoms with Crippen LogP contribution in [-0.2, 0) is 0 Å². The van der Waals surface area contributed by atoms with E-state index in [0.717, 1.165) is 0 Å². The maximum Gasteiger partial charge on any atom is 0.328 e. The van der Waals surface area contributed by atoms with Crippen LogP contribution in [0.3, 0.4) is 0 Å². The Morgan fingerprint density at radius 1 is 0.386 bits per heavy atom. The van der Waals surface area contributed by atoms with Gasteiger partial charge in [0.1, 0.15) is 0 Å². The average Bonchev–Trinajstić information content (AvgIpc) is 3.11. The van der Waals surface area contributed by atoms with E-state index < -0.39 is 0 Å². The van der Waals surface area contributed by atoms with Gasteiger partial charge in [0.15, 0.2) is 0 Å². The molecule has 0 radical (unpaired) electrons. The topological polar surface area (TPSA) is 3.24 Å². The van der Waals surface area contributed by atoms with Crippen LogP contribution in [0.4, 0.5) is 11.4 Å². The second kappa shape index (κ2) is 10.0. The van der Waals surface area contributed by atoms with Gasteiger partial charge in [0.2, 0.25) is 0 Å². The largest absolute Gasteiger partial charge is 0.376 e. The molecule has 8 aromatic carbocycles. The van der Waals surface area contributed by atoms with E-state index in [-0.39, 0.29) is 6.85 Å². The summed E-state index contributed by atoms with van der Waals surface area (Å²) in [5, 5.41) is 7.79. The molecule has 9 rings (SSSR count). The Morgan fingerprint density at radius 3 is 1.64 bits per heavy atom. The van der Waals surface area contributed by atoms with Crippen molar-refractivity contribution in [1.29, 1.82) is 0 Å². The van der Waals surface area contributed by atoms with Crippen molar-refractivity contribution in [2.24, 2.45) is 0 Å². The average molecular weight is 558 g/mol. The molecule has 0 saturated heterocycles. The van der Waals surface area contributed by atoms with Crippen LogP contribution >= 0.6 is 0 Å². The van der Waals surface area contributed by atoms with Crippen molar-refractivity contribution in [2.45, 2.75) is 0 Å². The van der Waals surface area contributed by atoms with Crippen molar-refractivity contribution < 1.29 is 0 Å². The third-order valence-corrected chi connectivity index (χ3v) is 9.29. The van der Waals surface area contributed by atoms with Crippen molar-refractivity contribution in [3.05, 3.63) is 170 Å². The van der Waals surface area contributed by atoms with E-state index in [9.17, 15) is 0 Å². The molecule has 0 unspecified atom stereocenters. The van der Waals surface area contributed by atoms with Gasteiger partial charge < -0.3 is 4.81 Å². The Labute approximate surface area is 257 Å². The van der Waals surface area contributed by atoms with Crippen LogP contribution in [0.15, 0.2) is 170 Å². The van der Waals surface area contributed by atoms with Crippen LogP contribution in [0, 0.1) is 0 Å². The highest BCUT2D eigenvalue weighted by Crippen LogP contribution is 2.46. The molecular formula is C42H28BN. The zero-order chi connectivity index (χ0) is 29.0. The van der Waals surface area contributed by atoms with Gasteiger partial charge in [-0.05, 0) is 78.7 Å². The fraction of sp³-hybridized carbons (Fsp3) is 0. The van der Waals surface area contributed by atoms with Crippen molar-refractivity contribution >= 4 is 61.5 Å². The quantitative estimate of drug-likeness (QED) is 0.154. The van der Waals surface area contributed by atoms with Gasteiger partial charge in [-0.3, -0.25) is 0 Å². The lowest BCUT2D eigenvalue weighted by Crippen LogP contribution is -2.57.